The Hall–Kier alpha value is -1.71. The summed E-state index contributed by atoms with van der Waals surface area (Å²) in [6, 6.07) is 5.61. The Balaban J connectivity index is 2.47. The fourth-order valence-electron chi connectivity index (χ4n) is 2.07. The highest BCUT2D eigenvalue weighted by Gasteiger charge is 2.33. The van der Waals surface area contributed by atoms with E-state index >= 15 is 0 Å². The molecule has 0 aliphatic carbocycles. The number of hydrogen-bond acceptors (Lipinski definition) is 2. The Morgan fingerprint density at radius 3 is 2.59 bits per heavy atom. The molecule has 1 aliphatic rings. The number of ether oxygens (including phenoxy) is 1. The summed E-state index contributed by atoms with van der Waals surface area (Å²) in [7, 11) is 1.62. The second-order valence-electron chi connectivity index (χ2n) is 5.35. The molecule has 2 rings (SSSR count). The predicted molar refractivity (Wildman–Crippen MR) is 67.3 cm³/mol. The fourth-order valence-corrected chi connectivity index (χ4v) is 2.07. The Kier molecular flexibility index (Phi) is 2.73. The molecular formula is C13H18N2O2. The minimum absolute atomic E-state index is 0.0113. The molecule has 0 spiro atoms. The van der Waals surface area contributed by atoms with Crippen LogP contribution in [0.3, 0.4) is 0 Å². The second kappa shape index (κ2) is 3.95. The molecule has 0 bridgehead atoms. The normalized spacial score (nSPS) is 19.1. The van der Waals surface area contributed by atoms with E-state index < -0.39 is 0 Å². The van der Waals surface area contributed by atoms with Crippen LogP contribution in [0.15, 0.2) is 18.2 Å². The third-order valence-electron chi connectivity index (χ3n) is 2.96. The van der Waals surface area contributed by atoms with Crippen molar-refractivity contribution in [3.05, 3.63) is 23.8 Å². The molecule has 1 heterocycles. The summed E-state index contributed by atoms with van der Waals surface area (Å²) in [5.74, 6) is 0.749. The number of carbonyl (C=O) groups is 1. The number of hydrogen-bond donors (Lipinski definition) is 2. The van der Waals surface area contributed by atoms with Crippen LogP contribution in [0.5, 0.6) is 5.75 Å². The molecule has 1 aromatic carbocycles. The van der Waals surface area contributed by atoms with E-state index in [1.807, 2.05) is 18.2 Å². The highest BCUT2D eigenvalue weighted by molar-refractivity contribution is 5.93. The van der Waals surface area contributed by atoms with Crippen molar-refractivity contribution in [3.63, 3.8) is 0 Å². The van der Waals surface area contributed by atoms with Crippen LogP contribution in [-0.2, 0) is 0 Å². The first-order valence-electron chi connectivity index (χ1n) is 5.67. The van der Waals surface area contributed by atoms with Crippen molar-refractivity contribution >= 4 is 11.7 Å². The van der Waals surface area contributed by atoms with E-state index in [4.69, 9.17) is 4.74 Å². The molecule has 2 N–H and O–H groups in total. The van der Waals surface area contributed by atoms with Crippen LogP contribution >= 0.6 is 0 Å². The number of methoxy groups -OCH3 is 1. The number of rotatable bonds is 1. The topological polar surface area (TPSA) is 50.4 Å². The van der Waals surface area contributed by atoms with Crippen LogP contribution in [0.25, 0.3) is 0 Å². The first-order chi connectivity index (χ1) is 7.91. The largest absolute Gasteiger partial charge is 0.497 e. The van der Waals surface area contributed by atoms with E-state index in [2.05, 4.69) is 31.4 Å². The number of carbonyl (C=O) groups excluding carboxylic acids is 1. The predicted octanol–water partition coefficient (Wildman–Crippen LogP) is 2.92. The van der Waals surface area contributed by atoms with Crippen LogP contribution < -0.4 is 15.4 Å². The van der Waals surface area contributed by atoms with Crippen LogP contribution in [0, 0.1) is 5.41 Å². The zero-order valence-electron chi connectivity index (χ0n) is 10.6. The van der Waals surface area contributed by atoms with E-state index in [1.54, 1.807) is 7.11 Å². The number of urea groups is 1. The van der Waals surface area contributed by atoms with E-state index in [0.29, 0.717) is 0 Å². The van der Waals surface area contributed by atoms with Gasteiger partial charge in [0, 0.05) is 6.07 Å². The van der Waals surface area contributed by atoms with Gasteiger partial charge in [-0.15, -0.1) is 0 Å². The summed E-state index contributed by atoms with van der Waals surface area (Å²) in [5, 5.41) is 5.77. The molecular weight excluding hydrogens is 216 g/mol. The van der Waals surface area contributed by atoms with Gasteiger partial charge in [-0.3, -0.25) is 0 Å². The lowest BCUT2D eigenvalue weighted by Gasteiger charge is -2.36. The van der Waals surface area contributed by atoms with Gasteiger partial charge in [0.2, 0.25) is 0 Å². The molecule has 4 heteroatoms. The number of nitrogens with one attached hydrogen (secondary N) is 2. The van der Waals surface area contributed by atoms with Crippen molar-refractivity contribution in [1.29, 1.82) is 0 Å². The van der Waals surface area contributed by atoms with Crippen molar-refractivity contribution < 1.29 is 9.53 Å². The van der Waals surface area contributed by atoms with Crippen LogP contribution in [0.2, 0.25) is 0 Å². The fraction of sp³-hybridized carbons (Fsp3) is 0.462. The SMILES string of the molecule is COc1ccc2c(c1)NC(=O)NC2C(C)(C)C. The van der Waals surface area contributed by atoms with Crippen LogP contribution in [-0.4, -0.2) is 13.1 Å². The Morgan fingerprint density at radius 1 is 1.29 bits per heavy atom. The molecule has 1 atom stereocenters. The lowest BCUT2D eigenvalue weighted by molar-refractivity contribution is 0.226. The summed E-state index contributed by atoms with van der Waals surface area (Å²) in [6.07, 6.45) is 0. The third kappa shape index (κ3) is 2.20. The van der Waals surface area contributed by atoms with Crippen molar-refractivity contribution in [2.75, 3.05) is 12.4 Å². The average Bonchev–Trinajstić information content (AvgIpc) is 2.25. The number of anilines is 1. The van der Waals surface area contributed by atoms with Gasteiger partial charge in [0.1, 0.15) is 5.75 Å². The van der Waals surface area contributed by atoms with Gasteiger partial charge in [0.25, 0.3) is 0 Å². The lowest BCUT2D eigenvalue weighted by atomic mass is 9.81. The summed E-state index contributed by atoms with van der Waals surface area (Å²) < 4.78 is 5.16. The molecule has 4 nitrogen and oxygen atoms in total. The molecule has 0 saturated carbocycles. The number of amides is 2. The van der Waals surface area contributed by atoms with Gasteiger partial charge >= 0.3 is 6.03 Å². The van der Waals surface area contributed by atoms with E-state index in [-0.39, 0.29) is 17.5 Å². The zero-order chi connectivity index (χ0) is 12.6. The maximum atomic E-state index is 11.6. The summed E-state index contributed by atoms with van der Waals surface area (Å²) in [6.45, 7) is 6.33. The molecule has 0 aromatic heterocycles. The smallest absolute Gasteiger partial charge is 0.319 e. The van der Waals surface area contributed by atoms with E-state index in [0.717, 1.165) is 17.0 Å². The molecule has 1 aliphatic heterocycles. The molecule has 17 heavy (non-hydrogen) atoms. The Labute approximate surface area is 101 Å². The molecule has 1 aromatic rings. The van der Waals surface area contributed by atoms with Crippen molar-refractivity contribution in [3.8, 4) is 5.75 Å². The third-order valence-corrected chi connectivity index (χ3v) is 2.96. The Bertz CT molecular complexity index is 449. The van der Waals surface area contributed by atoms with Gasteiger partial charge in [-0.2, -0.15) is 0 Å². The minimum Gasteiger partial charge on any atom is -0.497 e. The highest BCUT2D eigenvalue weighted by atomic mass is 16.5. The van der Waals surface area contributed by atoms with Crippen LogP contribution in [0.1, 0.15) is 32.4 Å². The quantitative estimate of drug-likeness (QED) is 0.785. The number of benzene rings is 1. The molecule has 92 valence electrons. The minimum atomic E-state index is -0.161. The van der Waals surface area contributed by atoms with Gasteiger partial charge in [-0.25, -0.2) is 4.79 Å². The van der Waals surface area contributed by atoms with Gasteiger partial charge < -0.3 is 15.4 Å². The van der Waals surface area contributed by atoms with Gasteiger partial charge in [0.05, 0.1) is 18.8 Å². The van der Waals surface area contributed by atoms with Crippen molar-refractivity contribution in [2.24, 2.45) is 5.41 Å². The standard InChI is InChI=1S/C13H18N2O2/c1-13(2,3)11-9-6-5-8(17-4)7-10(9)14-12(16)15-11/h5-7,11H,1-4H3,(H2,14,15,16). The molecule has 0 fully saturated rings. The average molecular weight is 234 g/mol. The maximum absolute atomic E-state index is 11.6. The number of fused-ring (bicyclic) bond motifs is 1. The van der Waals surface area contributed by atoms with E-state index in [1.165, 1.54) is 0 Å². The van der Waals surface area contributed by atoms with Crippen molar-refractivity contribution in [1.82, 2.24) is 5.32 Å². The van der Waals surface area contributed by atoms with Gasteiger partial charge in [-0.05, 0) is 17.0 Å². The molecule has 1 unspecified atom stereocenters. The maximum Gasteiger partial charge on any atom is 0.319 e. The lowest BCUT2D eigenvalue weighted by Crippen LogP contribution is -2.43. The Morgan fingerprint density at radius 2 is 2.00 bits per heavy atom. The molecule has 0 saturated heterocycles. The summed E-state index contributed by atoms with van der Waals surface area (Å²) >= 11 is 0. The zero-order valence-corrected chi connectivity index (χ0v) is 10.6. The van der Waals surface area contributed by atoms with Crippen molar-refractivity contribution in [2.45, 2.75) is 26.8 Å². The van der Waals surface area contributed by atoms with Gasteiger partial charge in [0.15, 0.2) is 0 Å². The first-order valence-corrected chi connectivity index (χ1v) is 5.67. The molecule has 0 radical (unpaired) electrons. The molecule has 2 amide bonds. The first kappa shape index (κ1) is 11.8. The highest BCUT2D eigenvalue weighted by Crippen LogP contribution is 2.39. The monoisotopic (exact) mass is 234 g/mol. The summed E-state index contributed by atoms with van der Waals surface area (Å²) in [4.78, 5) is 11.6. The van der Waals surface area contributed by atoms with Gasteiger partial charge in [-0.1, -0.05) is 26.8 Å². The second-order valence-corrected chi connectivity index (χ2v) is 5.35. The summed E-state index contributed by atoms with van der Waals surface area (Å²) in [5.41, 5.74) is 1.90. The van der Waals surface area contributed by atoms with E-state index in [9.17, 15) is 4.79 Å². The van der Waals surface area contributed by atoms with Crippen LogP contribution in [0.4, 0.5) is 10.5 Å².